The summed E-state index contributed by atoms with van der Waals surface area (Å²) in [6, 6.07) is 23.4. The molecule has 34 heavy (non-hydrogen) atoms. The number of fused-ring (bicyclic) bond motifs is 3. The highest BCUT2D eigenvalue weighted by Crippen LogP contribution is 2.44. The number of carboxylic acid groups (broad SMARTS) is 1. The first kappa shape index (κ1) is 23.0. The molecule has 174 valence electrons. The van der Waals surface area contributed by atoms with Crippen LogP contribution < -0.4 is 10.6 Å². The number of benzene rings is 3. The molecule has 3 aromatic rings. The van der Waals surface area contributed by atoms with Gasteiger partial charge in [-0.25, -0.2) is 4.79 Å². The topological polar surface area (TPSA) is 105 Å². The minimum absolute atomic E-state index is 0.00613. The summed E-state index contributed by atoms with van der Waals surface area (Å²) >= 11 is 0. The Balaban J connectivity index is 1.30. The summed E-state index contributed by atoms with van der Waals surface area (Å²) in [5.41, 5.74) is 5.87. The molecular weight excluding hydrogens is 432 g/mol. The van der Waals surface area contributed by atoms with E-state index >= 15 is 0 Å². The molecule has 3 aromatic carbocycles. The van der Waals surface area contributed by atoms with Gasteiger partial charge in [-0.1, -0.05) is 66.7 Å². The van der Waals surface area contributed by atoms with Crippen LogP contribution in [-0.2, 0) is 16.0 Å². The van der Waals surface area contributed by atoms with Gasteiger partial charge >= 0.3 is 12.1 Å². The van der Waals surface area contributed by atoms with E-state index in [9.17, 15) is 14.4 Å². The lowest BCUT2D eigenvalue weighted by Gasteiger charge is -2.15. The molecule has 0 spiro atoms. The highest BCUT2D eigenvalue weighted by molar-refractivity contribution is 5.95. The van der Waals surface area contributed by atoms with E-state index < -0.39 is 12.1 Å². The largest absolute Gasteiger partial charge is 0.481 e. The van der Waals surface area contributed by atoms with Crippen LogP contribution in [0.1, 0.15) is 39.4 Å². The van der Waals surface area contributed by atoms with Gasteiger partial charge in [-0.05, 0) is 40.3 Å². The molecular formula is C27H26N2O5. The fourth-order valence-corrected chi connectivity index (χ4v) is 4.29. The number of rotatable bonds is 9. The zero-order chi connectivity index (χ0) is 23.9. The first-order chi connectivity index (χ1) is 16.5. The number of alkyl carbamates (subject to hydrolysis) is 1. The van der Waals surface area contributed by atoms with Crippen molar-refractivity contribution in [2.75, 3.05) is 19.7 Å². The Labute approximate surface area is 197 Å². The zero-order valence-electron chi connectivity index (χ0n) is 18.6. The van der Waals surface area contributed by atoms with Crippen LogP contribution in [0.2, 0.25) is 0 Å². The van der Waals surface area contributed by atoms with Gasteiger partial charge in [0, 0.05) is 24.6 Å². The van der Waals surface area contributed by atoms with Crippen molar-refractivity contribution in [1.82, 2.24) is 10.6 Å². The molecule has 4 rings (SSSR count). The van der Waals surface area contributed by atoms with Gasteiger partial charge in [-0.3, -0.25) is 9.59 Å². The molecule has 3 N–H and O–H groups in total. The molecule has 2 amide bonds. The van der Waals surface area contributed by atoms with Crippen molar-refractivity contribution >= 4 is 18.0 Å². The van der Waals surface area contributed by atoms with Crippen LogP contribution in [0, 0.1) is 0 Å². The second-order valence-electron chi connectivity index (χ2n) is 8.06. The smallest absolute Gasteiger partial charge is 0.407 e. The molecule has 7 nitrogen and oxygen atoms in total. The number of nitrogens with one attached hydrogen (secondary N) is 2. The molecule has 0 aliphatic heterocycles. The molecule has 0 unspecified atom stereocenters. The standard InChI is InChI=1S/C27H26N2O5/c30-25(31)14-16-28-26(32)19-8-2-1-7-18(19)13-15-29-27(33)34-17-24-22-11-5-3-9-20(22)21-10-4-6-12-23(21)24/h1-12,24H,13-17H2,(H,28,32)(H,29,33)(H,30,31). The third-order valence-electron chi connectivity index (χ3n) is 5.89. The highest BCUT2D eigenvalue weighted by Gasteiger charge is 2.28. The van der Waals surface area contributed by atoms with Gasteiger partial charge in [0.25, 0.3) is 5.91 Å². The number of carboxylic acids is 1. The van der Waals surface area contributed by atoms with E-state index in [2.05, 4.69) is 34.9 Å². The molecule has 0 fully saturated rings. The van der Waals surface area contributed by atoms with Gasteiger partial charge in [0.1, 0.15) is 6.61 Å². The Bertz CT molecular complexity index is 1160. The normalized spacial score (nSPS) is 11.9. The quantitative estimate of drug-likeness (QED) is 0.450. The molecule has 1 aliphatic carbocycles. The first-order valence-corrected chi connectivity index (χ1v) is 11.2. The second-order valence-corrected chi connectivity index (χ2v) is 8.06. The van der Waals surface area contributed by atoms with Gasteiger partial charge in [-0.15, -0.1) is 0 Å². The third kappa shape index (κ3) is 5.26. The summed E-state index contributed by atoms with van der Waals surface area (Å²) in [7, 11) is 0. The number of amides is 2. The van der Waals surface area contributed by atoms with Crippen LogP contribution in [0.25, 0.3) is 11.1 Å². The zero-order valence-corrected chi connectivity index (χ0v) is 18.6. The molecule has 0 saturated heterocycles. The Hall–Kier alpha value is -4.13. The van der Waals surface area contributed by atoms with Crippen LogP contribution in [-0.4, -0.2) is 42.8 Å². The Morgan fingerprint density at radius 3 is 2.09 bits per heavy atom. The van der Waals surface area contributed by atoms with E-state index in [0.29, 0.717) is 18.5 Å². The van der Waals surface area contributed by atoms with Crippen molar-refractivity contribution < 1.29 is 24.2 Å². The van der Waals surface area contributed by atoms with E-state index in [4.69, 9.17) is 9.84 Å². The summed E-state index contributed by atoms with van der Waals surface area (Å²) in [4.78, 5) is 35.4. The monoisotopic (exact) mass is 458 g/mol. The Kier molecular flexibility index (Phi) is 7.22. The maximum Gasteiger partial charge on any atom is 0.407 e. The highest BCUT2D eigenvalue weighted by atomic mass is 16.5. The van der Waals surface area contributed by atoms with E-state index in [1.807, 2.05) is 36.4 Å². The summed E-state index contributed by atoms with van der Waals surface area (Å²) in [5, 5.41) is 14.1. The van der Waals surface area contributed by atoms with Crippen molar-refractivity contribution in [3.8, 4) is 11.1 Å². The molecule has 0 aromatic heterocycles. The van der Waals surface area contributed by atoms with Crippen molar-refractivity contribution in [1.29, 1.82) is 0 Å². The Morgan fingerprint density at radius 1 is 0.794 bits per heavy atom. The van der Waals surface area contributed by atoms with Crippen LogP contribution in [0.5, 0.6) is 0 Å². The number of carbonyl (C=O) groups excluding carboxylic acids is 2. The maximum absolute atomic E-state index is 12.4. The lowest BCUT2D eigenvalue weighted by molar-refractivity contribution is -0.136. The van der Waals surface area contributed by atoms with Crippen molar-refractivity contribution in [3.63, 3.8) is 0 Å². The molecule has 0 bridgehead atoms. The van der Waals surface area contributed by atoms with E-state index in [1.54, 1.807) is 12.1 Å². The number of hydrogen-bond donors (Lipinski definition) is 3. The van der Waals surface area contributed by atoms with E-state index in [0.717, 1.165) is 16.7 Å². The summed E-state index contributed by atoms with van der Waals surface area (Å²) in [5.74, 6) is -1.31. The second kappa shape index (κ2) is 10.7. The average Bonchev–Trinajstić information content (AvgIpc) is 3.16. The molecule has 7 heteroatoms. The molecule has 0 saturated carbocycles. The number of aliphatic carboxylic acids is 1. The van der Waals surface area contributed by atoms with Gasteiger partial charge in [0.05, 0.1) is 6.42 Å². The minimum atomic E-state index is -0.971. The summed E-state index contributed by atoms with van der Waals surface area (Å²) < 4.78 is 5.55. The van der Waals surface area contributed by atoms with Crippen molar-refractivity contribution in [2.45, 2.75) is 18.8 Å². The number of hydrogen-bond acceptors (Lipinski definition) is 4. The van der Waals surface area contributed by atoms with Crippen LogP contribution in [0.4, 0.5) is 4.79 Å². The van der Waals surface area contributed by atoms with Crippen molar-refractivity contribution in [3.05, 3.63) is 95.1 Å². The molecule has 0 atom stereocenters. The summed E-state index contributed by atoms with van der Waals surface area (Å²) in [6.45, 7) is 0.596. The van der Waals surface area contributed by atoms with Crippen LogP contribution >= 0.6 is 0 Å². The summed E-state index contributed by atoms with van der Waals surface area (Å²) in [6.07, 6.45) is -0.213. The van der Waals surface area contributed by atoms with Crippen molar-refractivity contribution in [2.24, 2.45) is 0 Å². The SMILES string of the molecule is O=C(O)CCNC(=O)c1ccccc1CCNC(=O)OCC1c2ccccc2-c2ccccc21. The molecule has 1 aliphatic rings. The van der Waals surface area contributed by atoms with Gasteiger partial charge in [-0.2, -0.15) is 0 Å². The fraction of sp³-hybridized carbons (Fsp3) is 0.222. The van der Waals surface area contributed by atoms with Gasteiger partial charge < -0.3 is 20.5 Å². The predicted octanol–water partition coefficient (Wildman–Crippen LogP) is 3.97. The van der Waals surface area contributed by atoms with Gasteiger partial charge in [0.2, 0.25) is 0 Å². The maximum atomic E-state index is 12.4. The number of carbonyl (C=O) groups is 3. The van der Waals surface area contributed by atoms with Crippen LogP contribution in [0.3, 0.4) is 0 Å². The lowest BCUT2D eigenvalue weighted by Crippen LogP contribution is -2.29. The van der Waals surface area contributed by atoms with E-state index in [-0.39, 0.29) is 31.4 Å². The molecule has 0 radical (unpaired) electrons. The minimum Gasteiger partial charge on any atom is -0.481 e. The predicted molar refractivity (Wildman–Crippen MR) is 128 cm³/mol. The molecule has 0 heterocycles. The fourth-order valence-electron chi connectivity index (χ4n) is 4.29. The average molecular weight is 459 g/mol. The third-order valence-corrected chi connectivity index (χ3v) is 5.89. The Morgan fingerprint density at radius 2 is 1.41 bits per heavy atom. The number of ether oxygens (including phenoxy) is 1. The van der Waals surface area contributed by atoms with E-state index in [1.165, 1.54) is 11.1 Å². The lowest BCUT2D eigenvalue weighted by atomic mass is 9.98. The van der Waals surface area contributed by atoms with Gasteiger partial charge in [0.15, 0.2) is 0 Å². The first-order valence-electron chi connectivity index (χ1n) is 11.2. The van der Waals surface area contributed by atoms with Crippen LogP contribution in [0.15, 0.2) is 72.8 Å².